The second-order valence-corrected chi connectivity index (χ2v) is 7.51. The molecule has 0 unspecified atom stereocenters. The zero-order chi connectivity index (χ0) is 17.0. The molecule has 0 radical (unpaired) electrons. The summed E-state index contributed by atoms with van der Waals surface area (Å²) in [4.78, 5) is 16.4. The predicted octanol–water partition coefficient (Wildman–Crippen LogP) is 3.46. The Morgan fingerprint density at radius 3 is 2.57 bits per heavy atom. The van der Waals surface area contributed by atoms with Crippen LogP contribution in [-0.2, 0) is 5.41 Å². The van der Waals surface area contributed by atoms with Crippen molar-refractivity contribution in [3.63, 3.8) is 0 Å². The van der Waals surface area contributed by atoms with Gasteiger partial charge in [-0.15, -0.1) is 16.4 Å². The summed E-state index contributed by atoms with van der Waals surface area (Å²) in [5.74, 6) is 0.613. The van der Waals surface area contributed by atoms with Gasteiger partial charge in [0, 0.05) is 29.0 Å². The van der Waals surface area contributed by atoms with Crippen molar-refractivity contribution in [2.24, 2.45) is 0 Å². The number of nitrogens with one attached hydrogen (secondary N) is 2. The van der Waals surface area contributed by atoms with Crippen LogP contribution in [-0.4, -0.2) is 27.8 Å². The molecule has 2 amide bonds. The molecule has 0 spiro atoms. The minimum Gasteiger partial charge on any atom is -0.337 e. The molecule has 2 N–H and O–H groups in total. The van der Waals surface area contributed by atoms with Crippen LogP contribution in [0.5, 0.6) is 0 Å². The first kappa shape index (κ1) is 17.3. The topological polar surface area (TPSA) is 79.8 Å². The normalized spacial score (nSPS) is 12.7. The van der Waals surface area contributed by atoms with Crippen molar-refractivity contribution in [1.82, 2.24) is 20.5 Å². The molecule has 0 fully saturated rings. The smallest absolute Gasteiger partial charge is 0.320 e. The minimum atomic E-state index is -0.289. The van der Waals surface area contributed by atoms with Gasteiger partial charge in [-0.25, -0.2) is 9.78 Å². The van der Waals surface area contributed by atoms with Gasteiger partial charge >= 0.3 is 6.03 Å². The average Bonchev–Trinajstić information content (AvgIpc) is 2.91. The third kappa shape index (κ3) is 4.99. The van der Waals surface area contributed by atoms with E-state index >= 15 is 0 Å². The summed E-state index contributed by atoms with van der Waals surface area (Å²) in [6.07, 6.45) is 0. The Labute approximate surface area is 140 Å². The summed E-state index contributed by atoms with van der Waals surface area (Å²) in [5, 5.41) is 16.8. The molecule has 7 heteroatoms. The van der Waals surface area contributed by atoms with E-state index in [1.807, 2.05) is 25.3 Å². The number of aryl methyl sites for hydroxylation is 1. The van der Waals surface area contributed by atoms with Gasteiger partial charge in [0.25, 0.3) is 0 Å². The van der Waals surface area contributed by atoms with Crippen molar-refractivity contribution in [1.29, 1.82) is 0 Å². The van der Waals surface area contributed by atoms with E-state index in [0.29, 0.717) is 12.4 Å². The van der Waals surface area contributed by atoms with Crippen LogP contribution in [0.1, 0.15) is 50.0 Å². The first-order chi connectivity index (χ1) is 10.8. The van der Waals surface area contributed by atoms with Gasteiger partial charge in [0.1, 0.15) is 0 Å². The maximum absolute atomic E-state index is 11.9. The molecule has 0 saturated carbocycles. The van der Waals surface area contributed by atoms with Gasteiger partial charge in [-0.1, -0.05) is 27.7 Å². The number of carbonyl (C=O) groups excluding carboxylic acids is 1. The molecule has 0 saturated heterocycles. The maximum Gasteiger partial charge on any atom is 0.320 e. The molecule has 0 aliphatic heterocycles. The maximum atomic E-state index is 11.9. The highest BCUT2D eigenvalue weighted by Crippen LogP contribution is 2.20. The van der Waals surface area contributed by atoms with Crippen LogP contribution in [0.3, 0.4) is 0 Å². The average molecular weight is 333 g/mol. The number of anilines is 1. The van der Waals surface area contributed by atoms with Crippen molar-refractivity contribution in [3.8, 4) is 0 Å². The molecule has 2 aromatic rings. The van der Waals surface area contributed by atoms with Gasteiger partial charge in [0.2, 0.25) is 0 Å². The number of rotatable bonds is 4. The number of amides is 2. The van der Waals surface area contributed by atoms with E-state index < -0.39 is 0 Å². The van der Waals surface area contributed by atoms with Crippen LogP contribution in [0.25, 0.3) is 0 Å². The summed E-state index contributed by atoms with van der Waals surface area (Å²) >= 11 is 1.61. The van der Waals surface area contributed by atoms with Gasteiger partial charge in [-0.05, 0) is 19.1 Å². The van der Waals surface area contributed by atoms with Crippen LogP contribution in [0.2, 0.25) is 0 Å². The summed E-state index contributed by atoms with van der Waals surface area (Å²) in [6.45, 7) is 10.7. The number of urea groups is 1. The second kappa shape index (κ2) is 7.04. The zero-order valence-electron chi connectivity index (χ0n) is 14.2. The highest BCUT2D eigenvalue weighted by atomic mass is 32.1. The SMILES string of the molecule is Cc1csc([C@@H](C)CNC(=O)Nc2ccc(C(C)(C)C)nn2)n1. The zero-order valence-corrected chi connectivity index (χ0v) is 15.0. The van der Waals surface area contributed by atoms with Crippen molar-refractivity contribution < 1.29 is 4.79 Å². The van der Waals surface area contributed by atoms with Crippen LogP contribution in [0.4, 0.5) is 10.6 Å². The highest BCUT2D eigenvalue weighted by molar-refractivity contribution is 7.09. The van der Waals surface area contributed by atoms with Gasteiger partial charge in [0.05, 0.1) is 10.7 Å². The fourth-order valence-corrected chi connectivity index (χ4v) is 2.75. The van der Waals surface area contributed by atoms with Crippen molar-refractivity contribution >= 4 is 23.2 Å². The van der Waals surface area contributed by atoms with Gasteiger partial charge in [-0.2, -0.15) is 5.10 Å². The summed E-state index contributed by atoms with van der Waals surface area (Å²) in [6, 6.07) is 3.35. The Bertz CT molecular complexity index is 660. The molecule has 0 aromatic carbocycles. The quantitative estimate of drug-likeness (QED) is 0.898. The van der Waals surface area contributed by atoms with Crippen molar-refractivity contribution in [3.05, 3.63) is 33.9 Å². The number of carbonyl (C=O) groups is 1. The molecular weight excluding hydrogens is 310 g/mol. The molecular formula is C16H23N5OS. The fourth-order valence-electron chi connectivity index (χ4n) is 1.89. The van der Waals surface area contributed by atoms with E-state index in [2.05, 4.69) is 46.6 Å². The van der Waals surface area contributed by atoms with E-state index in [1.165, 1.54) is 0 Å². The van der Waals surface area contributed by atoms with E-state index in [1.54, 1.807) is 17.4 Å². The molecule has 0 aliphatic rings. The number of aromatic nitrogens is 3. The number of hydrogen-bond donors (Lipinski definition) is 2. The largest absolute Gasteiger partial charge is 0.337 e. The van der Waals surface area contributed by atoms with Gasteiger partial charge < -0.3 is 5.32 Å². The van der Waals surface area contributed by atoms with E-state index in [4.69, 9.17) is 0 Å². The van der Waals surface area contributed by atoms with Crippen LogP contribution in [0.15, 0.2) is 17.5 Å². The monoisotopic (exact) mass is 333 g/mol. The first-order valence-electron chi connectivity index (χ1n) is 7.57. The highest BCUT2D eigenvalue weighted by Gasteiger charge is 2.16. The van der Waals surface area contributed by atoms with Crippen LogP contribution in [0, 0.1) is 6.92 Å². The third-order valence-corrected chi connectivity index (χ3v) is 4.50. The molecule has 0 bridgehead atoms. The second-order valence-electron chi connectivity index (χ2n) is 6.62. The first-order valence-corrected chi connectivity index (χ1v) is 8.45. The van der Waals surface area contributed by atoms with Crippen molar-refractivity contribution in [2.45, 2.75) is 46.0 Å². The fraction of sp³-hybridized carbons (Fsp3) is 0.500. The van der Waals surface area contributed by atoms with E-state index in [-0.39, 0.29) is 17.4 Å². The Hall–Kier alpha value is -2.02. The molecule has 2 rings (SSSR count). The Morgan fingerprint density at radius 2 is 2.04 bits per heavy atom. The molecule has 2 heterocycles. The Balaban J connectivity index is 1.85. The van der Waals surface area contributed by atoms with Crippen molar-refractivity contribution in [2.75, 3.05) is 11.9 Å². The minimum absolute atomic E-state index is 0.0605. The Morgan fingerprint density at radius 1 is 1.30 bits per heavy atom. The third-order valence-electron chi connectivity index (χ3n) is 3.30. The van der Waals surface area contributed by atoms with Crippen LogP contribution < -0.4 is 10.6 Å². The lowest BCUT2D eigenvalue weighted by Gasteiger charge is -2.16. The summed E-state index contributed by atoms with van der Waals surface area (Å²) < 4.78 is 0. The molecule has 1 atom stereocenters. The molecule has 2 aromatic heterocycles. The lowest BCUT2D eigenvalue weighted by molar-refractivity contribution is 0.251. The van der Waals surface area contributed by atoms with E-state index in [0.717, 1.165) is 16.4 Å². The lowest BCUT2D eigenvalue weighted by Crippen LogP contribution is -2.32. The van der Waals surface area contributed by atoms with Gasteiger partial charge in [-0.3, -0.25) is 5.32 Å². The number of nitrogens with zero attached hydrogens (tertiary/aromatic N) is 3. The molecule has 6 nitrogen and oxygen atoms in total. The summed E-state index contributed by atoms with van der Waals surface area (Å²) in [5.41, 5.74) is 1.83. The van der Waals surface area contributed by atoms with Gasteiger partial charge in [0.15, 0.2) is 5.82 Å². The summed E-state index contributed by atoms with van der Waals surface area (Å²) in [7, 11) is 0. The number of hydrogen-bond acceptors (Lipinski definition) is 5. The van der Waals surface area contributed by atoms with E-state index in [9.17, 15) is 4.79 Å². The standard InChI is InChI=1S/C16H23N5OS/c1-10(14-18-11(2)9-23-14)8-17-15(22)19-13-7-6-12(20-21-13)16(3,4)5/h6-7,9-10H,8H2,1-5H3,(H2,17,19,21,22)/t10-/m0/s1. The lowest BCUT2D eigenvalue weighted by atomic mass is 9.92. The molecule has 124 valence electrons. The molecule has 0 aliphatic carbocycles. The Kier molecular flexibility index (Phi) is 5.30. The molecule has 23 heavy (non-hydrogen) atoms. The number of thiazole rings is 1. The predicted molar refractivity (Wildman–Crippen MR) is 93.0 cm³/mol. The van der Waals surface area contributed by atoms with Crippen LogP contribution >= 0.6 is 11.3 Å².